The Morgan fingerprint density at radius 1 is 1.07 bits per heavy atom. The number of aromatic nitrogens is 1. The van der Waals surface area contributed by atoms with Crippen molar-refractivity contribution in [2.24, 2.45) is 0 Å². The van der Waals surface area contributed by atoms with Gasteiger partial charge in [0.2, 0.25) is 5.91 Å². The summed E-state index contributed by atoms with van der Waals surface area (Å²) >= 11 is 0. The Bertz CT molecular complexity index is 992. The molecule has 2 heterocycles. The second-order valence-corrected chi connectivity index (χ2v) is 6.77. The highest BCUT2D eigenvalue weighted by atomic mass is 19.1. The van der Waals surface area contributed by atoms with Crippen LogP contribution >= 0.6 is 0 Å². The first-order valence-electron chi connectivity index (χ1n) is 8.92. The van der Waals surface area contributed by atoms with Crippen LogP contribution in [0.4, 0.5) is 8.78 Å². The van der Waals surface area contributed by atoms with Crippen molar-refractivity contribution in [1.82, 2.24) is 15.6 Å². The van der Waals surface area contributed by atoms with Gasteiger partial charge in [-0.05, 0) is 48.4 Å². The fraction of sp³-hybridized carbons (Fsp3) is 0.238. The van der Waals surface area contributed by atoms with Crippen LogP contribution in [0.3, 0.4) is 0 Å². The highest BCUT2D eigenvalue weighted by Crippen LogP contribution is 2.25. The van der Waals surface area contributed by atoms with Crippen molar-refractivity contribution < 1.29 is 13.6 Å². The summed E-state index contributed by atoms with van der Waals surface area (Å²) in [6.07, 6.45) is 1.08. The number of benzene rings is 2. The molecular weight excluding hydrogens is 348 g/mol. The molecule has 138 valence electrons. The van der Waals surface area contributed by atoms with Gasteiger partial charge < -0.3 is 10.6 Å². The van der Waals surface area contributed by atoms with Crippen molar-refractivity contribution in [3.05, 3.63) is 77.5 Å². The summed E-state index contributed by atoms with van der Waals surface area (Å²) in [5.74, 6) is -0.645. The standard InChI is InChI=1S/C21H19F2N3O/c22-15-3-1-2-14(11-15)21-19(8-9-20(27)26-21)24-12-17-6-4-13-10-16(23)5-7-18(13)25-17/h1-7,10-11,19,21,24H,8-9,12H2,(H,26,27)/t19-,21+/m1/s1. The van der Waals surface area contributed by atoms with E-state index in [1.54, 1.807) is 12.1 Å². The zero-order valence-corrected chi connectivity index (χ0v) is 14.6. The highest BCUT2D eigenvalue weighted by molar-refractivity contribution is 5.78. The maximum atomic E-state index is 13.6. The predicted molar refractivity (Wildman–Crippen MR) is 98.8 cm³/mol. The molecule has 1 aliphatic heterocycles. The van der Waals surface area contributed by atoms with E-state index < -0.39 is 0 Å². The van der Waals surface area contributed by atoms with Gasteiger partial charge in [0.05, 0.1) is 17.3 Å². The van der Waals surface area contributed by atoms with Gasteiger partial charge in [-0.1, -0.05) is 18.2 Å². The van der Waals surface area contributed by atoms with Gasteiger partial charge in [0.25, 0.3) is 0 Å². The van der Waals surface area contributed by atoms with E-state index in [0.29, 0.717) is 19.4 Å². The number of rotatable bonds is 4. The molecule has 1 amide bonds. The summed E-state index contributed by atoms with van der Waals surface area (Å²) in [5.41, 5.74) is 2.29. The molecular formula is C21H19F2N3O. The smallest absolute Gasteiger partial charge is 0.220 e. The zero-order chi connectivity index (χ0) is 18.8. The number of nitrogens with one attached hydrogen (secondary N) is 2. The third-order valence-electron chi connectivity index (χ3n) is 4.86. The highest BCUT2D eigenvalue weighted by Gasteiger charge is 2.29. The first-order chi connectivity index (χ1) is 13.1. The number of nitrogens with zero attached hydrogens (tertiary/aromatic N) is 1. The van der Waals surface area contributed by atoms with Crippen LogP contribution in [-0.2, 0) is 11.3 Å². The Morgan fingerprint density at radius 2 is 1.93 bits per heavy atom. The number of halogens is 2. The van der Waals surface area contributed by atoms with E-state index in [0.717, 1.165) is 22.2 Å². The van der Waals surface area contributed by atoms with Crippen molar-refractivity contribution in [2.45, 2.75) is 31.5 Å². The quantitative estimate of drug-likeness (QED) is 0.741. The molecule has 1 saturated heterocycles. The summed E-state index contributed by atoms with van der Waals surface area (Å²) in [7, 11) is 0. The average molecular weight is 367 g/mol. The van der Waals surface area contributed by atoms with Crippen LogP contribution in [-0.4, -0.2) is 16.9 Å². The van der Waals surface area contributed by atoms with Crippen LogP contribution < -0.4 is 10.6 Å². The number of hydrogen-bond acceptors (Lipinski definition) is 3. The summed E-state index contributed by atoms with van der Waals surface area (Å²) in [5, 5.41) is 7.13. The lowest BCUT2D eigenvalue weighted by Gasteiger charge is -2.33. The molecule has 0 aliphatic carbocycles. The van der Waals surface area contributed by atoms with Crippen LogP contribution in [0.25, 0.3) is 10.9 Å². The molecule has 0 bridgehead atoms. The Balaban J connectivity index is 1.51. The van der Waals surface area contributed by atoms with Gasteiger partial charge in [0, 0.05) is 24.4 Å². The Labute approximate surface area is 155 Å². The van der Waals surface area contributed by atoms with Gasteiger partial charge >= 0.3 is 0 Å². The van der Waals surface area contributed by atoms with Gasteiger partial charge in [-0.3, -0.25) is 9.78 Å². The number of amides is 1. The van der Waals surface area contributed by atoms with Crippen molar-refractivity contribution >= 4 is 16.8 Å². The fourth-order valence-electron chi connectivity index (χ4n) is 3.51. The zero-order valence-electron chi connectivity index (χ0n) is 14.6. The first kappa shape index (κ1) is 17.5. The summed E-state index contributed by atoms with van der Waals surface area (Å²) < 4.78 is 26.9. The van der Waals surface area contributed by atoms with E-state index in [4.69, 9.17) is 0 Å². The number of pyridine rings is 1. The molecule has 2 N–H and O–H groups in total. The molecule has 0 spiro atoms. The van der Waals surface area contributed by atoms with Gasteiger partial charge in [0.1, 0.15) is 11.6 Å². The predicted octanol–water partition coefficient (Wildman–Crippen LogP) is 3.62. The van der Waals surface area contributed by atoms with Crippen LogP contribution in [0, 0.1) is 11.6 Å². The Kier molecular flexibility index (Phi) is 4.81. The van der Waals surface area contributed by atoms with Gasteiger partial charge in [-0.25, -0.2) is 8.78 Å². The summed E-state index contributed by atoms with van der Waals surface area (Å²) in [6.45, 7) is 0.500. The van der Waals surface area contributed by atoms with Crippen LogP contribution in [0.2, 0.25) is 0 Å². The van der Waals surface area contributed by atoms with E-state index in [-0.39, 0.29) is 29.6 Å². The number of hydrogen-bond donors (Lipinski definition) is 2. The molecule has 1 aromatic heterocycles. The molecule has 3 aromatic rings. The maximum absolute atomic E-state index is 13.6. The number of carbonyl (C=O) groups is 1. The molecule has 4 rings (SSSR count). The fourth-order valence-corrected chi connectivity index (χ4v) is 3.51. The molecule has 0 saturated carbocycles. The molecule has 27 heavy (non-hydrogen) atoms. The minimum atomic E-state index is -0.325. The normalized spacial score (nSPS) is 19.9. The van der Waals surface area contributed by atoms with Crippen molar-refractivity contribution in [2.75, 3.05) is 0 Å². The molecule has 4 nitrogen and oxygen atoms in total. The molecule has 1 aliphatic rings. The van der Waals surface area contributed by atoms with Crippen LogP contribution in [0.5, 0.6) is 0 Å². The average Bonchev–Trinajstić information content (AvgIpc) is 2.67. The van der Waals surface area contributed by atoms with Gasteiger partial charge in [-0.2, -0.15) is 0 Å². The van der Waals surface area contributed by atoms with Crippen LogP contribution in [0.15, 0.2) is 54.6 Å². The van der Waals surface area contributed by atoms with Crippen LogP contribution in [0.1, 0.15) is 30.1 Å². The maximum Gasteiger partial charge on any atom is 0.220 e. The molecule has 1 fully saturated rings. The molecule has 0 radical (unpaired) electrons. The van der Waals surface area contributed by atoms with E-state index in [2.05, 4.69) is 15.6 Å². The van der Waals surface area contributed by atoms with Crippen molar-refractivity contribution in [1.29, 1.82) is 0 Å². The second-order valence-electron chi connectivity index (χ2n) is 6.77. The molecule has 0 unspecified atom stereocenters. The van der Waals surface area contributed by atoms with E-state index in [1.165, 1.54) is 24.3 Å². The van der Waals surface area contributed by atoms with E-state index in [9.17, 15) is 13.6 Å². The molecule has 6 heteroatoms. The lowest BCUT2D eigenvalue weighted by atomic mass is 9.92. The number of fused-ring (bicyclic) bond motifs is 1. The Hall–Kier alpha value is -2.86. The largest absolute Gasteiger partial charge is 0.348 e. The first-order valence-corrected chi connectivity index (χ1v) is 8.92. The minimum Gasteiger partial charge on any atom is -0.348 e. The second kappa shape index (κ2) is 7.40. The third kappa shape index (κ3) is 3.95. The third-order valence-corrected chi connectivity index (χ3v) is 4.86. The molecule has 2 aromatic carbocycles. The topological polar surface area (TPSA) is 54.0 Å². The SMILES string of the molecule is O=C1CC[C@@H](NCc2ccc3cc(F)ccc3n2)[C@H](c2cccc(F)c2)N1. The monoisotopic (exact) mass is 367 g/mol. The van der Waals surface area contributed by atoms with Crippen molar-refractivity contribution in [3.63, 3.8) is 0 Å². The van der Waals surface area contributed by atoms with Gasteiger partial charge in [0.15, 0.2) is 0 Å². The van der Waals surface area contributed by atoms with E-state index >= 15 is 0 Å². The Morgan fingerprint density at radius 3 is 2.78 bits per heavy atom. The molecule has 2 atom stereocenters. The lowest BCUT2D eigenvalue weighted by molar-refractivity contribution is -0.123. The number of piperidine rings is 1. The van der Waals surface area contributed by atoms with E-state index in [1.807, 2.05) is 18.2 Å². The van der Waals surface area contributed by atoms with Crippen molar-refractivity contribution in [3.8, 4) is 0 Å². The lowest BCUT2D eigenvalue weighted by Crippen LogP contribution is -2.48. The van der Waals surface area contributed by atoms with Gasteiger partial charge in [-0.15, -0.1) is 0 Å². The number of carbonyl (C=O) groups excluding carboxylic acids is 1. The summed E-state index contributed by atoms with van der Waals surface area (Å²) in [6, 6.07) is 14.2. The summed E-state index contributed by atoms with van der Waals surface area (Å²) in [4.78, 5) is 16.4. The minimum absolute atomic E-state index is 0.0322.